The Morgan fingerprint density at radius 1 is 1.17 bits per heavy atom. The Kier molecular flexibility index (Phi) is 3.37. The lowest BCUT2D eigenvalue weighted by atomic mass is 9.95. The van der Waals surface area contributed by atoms with Gasteiger partial charge in [-0.15, -0.1) is 5.10 Å². The van der Waals surface area contributed by atoms with Crippen LogP contribution in [0.5, 0.6) is 0 Å². The zero-order valence-corrected chi connectivity index (χ0v) is 10.4. The minimum atomic E-state index is 0.602. The quantitative estimate of drug-likeness (QED) is 0.892. The van der Waals surface area contributed by atoms with Gasteiger partial charge in [-0.1, -0.05) is 35.5 Å². The number of benzene rings is 1. The molecule has 0 aliphatic carbocycles. The summed E-state index contributed by atoms with van der Waals surface area (Å²) in [5.41, 5.74) is 2.55. The van der Waals surface area contributed by atoms with Gasteiger partial charge in [-0.3, -0.25) is 0 Å². The molecule has 1 N–H and O–H groups in total. The Morgan fingerprint density at radius 2 is 1.94 bits per heavy atom. The lowest BCUT2D eigenvalue weighted by Crippen LogP contribution is -2.28. The molecular formula is C14H18N4. The van der Waals surface area contributed by atoms with Crippen molar-refractivity contribution in [1.82, 2.24) is 20.3 Å². The Bertz CT molecular complexity index is 486. The highest BCUT2D eigenvalue weighted by Crippen LogP contribution is 2.24. The molecule has 0 saturated carbocycles. The zero-order chi connectivity index (χ0) is 12.2. The summed E-state index contributed by atoms with van der Waals surface area (Å²) in [6.07, 6.45) is 4.29. The monoisotopic (exact) mass is 242 g/mol. The molecule has 1 aliphatic rings. The van der Waals surface area contributed by atoms with E-state index in [0.717, 1.165) is 19.6 Å². The van der Waals surface area contributed by atoms with Crippen molar-refractivity contribution < 1.29 is 0 Å². The van der Waals surface area contributed by atoms with E-state index in [1.165, 1.54) is 24.1 Å². The fourth-order valence-electron chi connectivity index (χ4n) is 2.58. The number of piperidine rings is 1. The van der Waals surface area contributed by atoms with Crippen molar-refractivity contribution in [2.45, 2.75) is 25.3 Å². The normalized spacial score (nSPS) is 16.9. The van der Waals surface area contributed by atoms with E-state index in [1.54, 1.807) is 0 Å². The average Bonchev–Trinajstić information content (AvgIpc) is 2.89. The summed E-state index contributed by atoms with van der Waals surface area (Å²) in [5.74, 6) is 0.602. The molecule has 3 rings (SSSR count). The van der Waals surface area contributed by atoms with Crippen LogP contribution in [-0.2, 0) is 6.54 Å². The van der Waals surface area contributed by atoms with Crippen molar-refractivity contribution in [1.29, 1.82) is 0 Å². The SMILES string of the molecule is c1ccc(Cn2nncc2C2CCNCC2)cc1. The van der Waals surface area contributed by atoms with Gasteiger partial charge in [-0.25, -0.2) is 4.68 Å². The molecule has 4 nitrogen and oxygen atoms in total. The predicted octanol–water partition coefficient (Wildman–Crippen LogP) is 1.79. The molecular weight excluding hydrogens is 224 g/mol. The fraction of sp³-hybridized carbons (Fsp3) is 0.429. The standard InChI is InChI=1S/C14H18N4/c1-2-4-12(5-3-1)11-18-14(10-16-17-18)13-6-8-15-9-7-13/h1-5,10,13,15H,6-9,11H2. The molecule has 2 aromatic rings. The van der Waals surface area contributed by atoms with Gasteiger partial charge in [0.25, 0.3) is 0 Å². The third-order valence-electron chi connectivity index (χ3n) is 3.58. The molecule has 1 aliphatic heterocycles. The average molecular weight is 242 g/mol. The molecule has 0 unspecified atom stereocenters. The third-order valence-corrected chi connectivity index (χ3v) is 3.58. The van der Waals surface area contributed by atoms with Crippen LogP contribution in [0, 0.1) is 0 Å². The van der Waals surface area contributed by atoms with Crippen LogP contribution < -0.4 is 5.32 Å². The molecule has 0 bridgehead atoms. The molecule has 0 spiro atoms. The predicted molar refractivity (Wildman–Crippen MR) is 70.4 cm³/mol. The van der Waals surface area contributed by atoms with Gasteiger partial charge in [0, 0.05) is 5.92 Å². The maximum absolute atomic E-state index is 4.23. The van der Waals surface area contributed by atoms with E-state index < -0.39 is 0 Å². The van der Waals surface area contributed by atoms with Crippen molar-refractivity contribution in [3.05, 3.63) is 47.8 Å². The van der Waals surface area contributed by atoms with Crippen molar-refractivity contribution in [3.8, 4) is 0 Å². The highest BCUT2D eigenvalue weighted by Gasteiger charge is 2.19. The molecule has 18 heavy (non-hydrogen) atoms. The Labute approximate surface area is 107 Å². The van der Waals surface area contributed by atoms with E-state index >= 15 is 0 Å². The molecule has 1 aromatic carbocycles. The van der Waals surface area contributed by atoms with Gasteiger partial charge in [-0.05, 0) is 31.5 Å². The summed E-state index contributed by atoms with van der Waals surface area (Å²) in [7, 11) is 0. The molecule has 1 aromatic heterocycles. The van der Waals surface area contributed by atoms with Crippen LogP contribution in [0.3, 0.4) is 0 Å². The molecule has 4 heteroatoms. The van der Waals surface area contributed by atoms with Gasteiger partial charge in [0.15, 0.2) is 0 Å². The van der Waals surface area contributed by atoms with E-state index in [9.17, 15) is 0 Å². The van der Waals surface area contributed by atoms with Gasteiger partial charge < -0.3 is 5.32 Å². The highest BCUT2D eigenvalue weighted by atomic mass is 15.4. The van der Waals surface area contributed by atoms with Crippen LogP contribution in [0.4, 0.5) is 0 Å². The minimum absolute atomic E-state index is 0.602. The first-order valence-corrected chi connectivity index (χ1v) is 6.56. The van der Waals surface area contributed by atoms with Gasteiger partial charge in [0.2, 0.25) is 0 Å². The third kappa shape index (κ3) is 2.43. The summed E-state index contributed by atoms with van der Waals surface area (Å²) in [4.78, 5) is 0. The lowest BCUT2D eigenvalue weighted by molar-refractivity contribution is 0.434. The number of hydrogen-bond donors (Lipinski definition) is 1. The summed E-state index contributed by atoms with van der Waals surface area (Å²) >= 11 is 0. The van der Waals surface area contributed by atoms with E-state index in [4.69, 9.17) is 0 Å². The topological polar surface area (TPSA) is 42.7 Å². The maximum Gasteiger partial charge on any atom is 0.0728 e. The van der Waals surface area contributed by atoms with Gasteiger partial charge in [0.05, 0.1) is 18.4 Å². The van der Waals surface area contributed by atoms with Crippen molar-refractivity contribution in [3.63, 3.8) is 0 Å². The molecule has 1 saturated heterocycles. The fourth-order valence-corrected chi connectivity index (χ4v) is 2.58. The largest absolute Gasteiger partial charge is 0.317 e. The van der Waals surface area contributed by atoms with Crippen LogP contribution >= 0.6 is 0 Å². The van der Waals surface area contributed by atoms with E-state index in [0.29, 0.717) is 5.92 Å². The van der Waals surface area contributed by atoms with Gasteiger partial charge in [0.1, 0.15) is 0 Å². The molecule has 94 valence electrons. The first-order chi connectivity index (χ1) is 8.93. The highest BCUT2D eigenvalue weighted by molar-refractivity contribution is 5.16. The van der Waals surface area contributed by atoms with E-state index in [-0.39, 0.29) is 0 Å². The number of aromatic nitrogens is 3. The molecule has 1 fully saturated rings. The maximum atomic E-state index is 4.23. The summed E-state index contributed by atoms with van der Waals surface area (Å²) in [6, 6.07) is 10.4. The summed E-state index contributed by atoms with van der Waals surface area (Å²) < 4.78 is 2.05. The van der Waals surface area contributed by atoms with Crippen molar-refractivity contribution in [2.24, 2.45) is 0 Å². The Morgan fingerprint density at radius 3 is 2.72 bits per heavy atom. The number of nitrogens with zero attached hydrogens (tertiary/aromatic N) is 3. The smallest absolute Gasteiger partial charge is 0.0728 e. The minimum Gasteiger partial charge on any atom is -0.317 e. The Balaban J connectivity index is 1.78. The molecule has 0 atom stereocenters. The zero-order valence-electron chi connectivity index (χ0n) is 10.4. The first kappa shape index (κ1) is 11.4. The van der Waals surface area contributed by atoms with Crippen molar-refractivity contribution >= 4 is 0 Å². The summed E-state index contributed by atoms with van der Waals surface area (Å²) in [5, 5.41) is 11.7. The number of hydrogen-bond acceptors (Lipinski definition) is 3. The van der Waals surface area contributed by atoms with Crippen LogP contribution in [0.25, 0.3) is 0 Å². The Hall–Kier alpha value is -1.68. The van der Waals surface area contributed by atoms with E-state index in [2.05, 4.69) is 39.9 Å². The molecule has 2 heterocycles. The van der Waals surface area contributed by atoms with E-state index in [1.807, 2.05) is 16.9 Å². The van der Waals surface area contributed by atoms with Gasteiger partial charge >= 0.3 is 0 Å². The van der Waals surface area contributed by atoms with Gasteiger partial charge in [-0.2, -0.15) is 0 Å². The molecule has 0 radical (unpaired) electrons. The van der Waals surface area contributed by atoms with Crippen LogP contribution in [-0.4, -0.2) is 28.1 Å². The first-order valence-electron chi connectivity index (χ1n) is 6.56. The van der Waals surface area contributed by atoms with Crippen LogP contribution in [0.15, 0.2) is 36.5 Å². The second-order valence-electron chi connectivity index (χ2n) is 4.83. The van der Waals surface area contributed by atoms with Crippen LogP contribution in [0.1, 0.15) is 30.0 Å². The molecule has 0 amide bonds. The lowest BCUT2D eigenvalue weighted by Gasteiger charge is -2.22. The van der Waals surface area contributed by atoms with Crippen LogP contribution in [0.2, 0.25) is 0 Å². The second kappa shape index (κ2) is 5.31. The van der Waals surface area contributed by atoms with Crippen molar-refractivity contribution in [2.75, 3.05) is 13.1 Å². The summed E-state index contributed by atoms with van der Waals surface area (Å²) in [6.45, 7) is 3.02. The number of nitrogens with one attached hydrogen (secondary N) is 1. The number of rotatable bonds is 3. The second-order valence-corrected chi connectivity index (χ2v) is 4.83.